The molecule has 0 saturated carbocycles. The van der Waals surface area contributed by atoms with E-state index in [9.17, 15) is 0 Å². The molecule has 384 valence electrons. The van der Waals surface area contributed by atoms with Crippen LogP contribution in [0.3, 0.4) is 0 Å². The monoisotopic (exact) mass is 1010 g/mol. The Morgan fingerprint density at radius 2 is 0.420 bits per heavy atom. The average molecular weight is 1010 g/mol. The molecule has 69 heavy (non-hydrogen) atoms. The van der Waals surface area contributed by atoms with Crippen molar-refractivity contribution in [2.24, 2.45) is 0 Å². The second kappa shape index (κ2) is 23.9. The standard InChI is InChI=1S/C57H87N3O6S3/c1-37(2)46-31-49(40(7)8)55(50(32-46)41(9)10)67(61,62)58-25-19-21-27-59(68(63,64)56-51(42(11)12)33-47(38(3)4)34-52(56)43(13)14)29-23-24-30-60(28-22-20-26-58)69(65,66)57-53(44(15)16)35-48(39(5)6)36-54(57)45(17)18/h19-24,31-45H,25-30H2,1-18H3/b21-19-,22-20+,24-23+. The van der Waals surface area contributed by atoms with Crippen molar-refractivity contribution in [3.63, 3.8) is 0 Å². The molecule has 0 saturated heterocycles. The summed E-state index contributed by atoms with van der Waals surface area (Å²) in [5, 5.41) is 0. The van der Waals surface area contributed by atoms with Gasteiger partial charge in [0.25, 0.3) is 0 Å². The van der Waals surface area contributed by atoms with Gasteiger partial charge in [0, 0.05) is 39.3 Å². The second-order valence-electron chi connectivity index (χ2n) is 21.9. The Morgan fingerprint density at radius 1 is 0.275 bits per heavy atom. The summed E-state index contributed by atoms with van der Waals surface area (Å²) in [5.74, 6) is 0.0345. The molecule has 1 aliphatic rings. The minimum Gasteiger partial charge on any atom is -0.207 e. The van der Waals surface area contributed by atoms with Crippen LogP contribution in [0.1, 0.15) is 228 Å². The molecule has 3 aromatic carbocycles. The fourth-order valence-electron chi connectivity index (χ4n) is 8.91. The predicted molar refractivity (Wildman–Crippen MR) is 290 cm³/mol. The van der Waals surface area contributed by atoms with Gasteiger partial charge in [-0.2, -0.15) is 12.9 Å². The fraction of sp³-hybridized carbons (Fsp3) is 0.579. The Kier molecular flexibility index (Phi) is 20.1. The Hall–Kier alpha value is -3.39. The fourth-order valence-corrected chi connectivity index (χ4v) is 14.9. The van der Waals surface area contributed by atoms with E-state index in [1.165, 1.54) is 12.9 Å². The number of nitrogens with zero attached hydrogens (tertiary/aromatic N) is 3. The van der Waals surface area contributed by atoms with Crippen molar-refractivity contribution >= 4 is 30.1 Å². The number of rotatable bonds is 15. The molecule has 0 spiro atoms. The van der Waals surface area contributed by atoms with Crippen LogP contribution in [0, 0.1) is 0 Å². The first-order chi connectivity index (χ1) is 32.0. The van der Waals surface area contributed by atoms with Crippen LogP contribution < -0.4 is 0 Å². The molecule has 0 atom stereocenters. The smallest absolute Gasteiger partial charge is 0.207 e. The SMILES string of the molecule is CC(C)c1cc(C(C)C)c(S(=O)(=O)N2C/C=C\CN(S(=O)(=O)c3c(C(C)C)cc(C(C)C)cc3C(C)C)C/C=C/CN(S(=O)(=O)c3c(C(C)C)cc(C(C)C)cc3C(C)C)C/C=C/C2)c(C(C)C)c1. The largest absolute Gasteiger partial charge is 0.244 e. The van der Waals surface area contributed by atoms with E-state index in [0.717, 1.165) is 50.1 Å². The summed E-state index contributed by atoms with van der Waals surface area (Å²) < 4.78 is 96.2. The van der Waals surface area contributed by atoms with Gasteiger partial charge in [-0.25, -0.2) is 25.3 Å². The molecule has 9 nitrogen and oxygen atoms in total. The summed E-state index contributed by atoms with van der Waals surface area (Å²) >= 11 is 0. The van der Waals surface area contributed by atoms with Gasteiger partial charge in [-0.1, -0.05) is 197 Å². The van der Waals surface area contributed by atoms with Crippen molar-refractivity contribution in [2.45, 2.75) is 193 Å². The maximum absolute atomic E-state index is 15.3. The van der Waals surface area contributed by atoms with Gasteiger partial charge in [0.05, 0.1) is 14.7 Å². The molecule has 0 aliphatic carbocycles. The van der Waals surface area contributed by atoms with Crippen molar-refractivity contribution in [1.82, 2.24) is 12.9 Å². The van der Waals surface area contributed by atoms with Gasteiger partial charge in [-0.15, -0.1) is 0 Å². The van der Waals surface area contributed by atoms with Crippen LogP contribution in [0.25, 0.3) is 0 Å². The minimum atomic E-state index is -4.17. The third kappa shape index (κ3) is 13.4. The lowest BCUT2D eigenvalue weighted by Gasteiger charge is -2.28. The first-order valence-electron chi connectivity index (χ1n) is 25.5. The normalized spacial score (nSPS) is 17.6. The van der Waals surface area contributed by atoms with Gasteiger partial charge >= 0.3 is 0 Å². The summed E-state index contributed by atoms with van der Waals surface area (Å²) in [5.41, 5.74) is 7.76. The van der Waals surface area contributed by atoms with Crippen molar-refractivity contribution in [3.05, 3.63) is 123 Å². The quantitative estimate of drug-likeness (QED) is 0.140. The summed E-state index contributed by atoms with van der Waals surface area (Å²) in [6, 6.07) is 12.2. The second-order valence-corrected chi connectivity index (χ2v) is 27.5. The van der Waals surface area contributed by atoms with Crippen LogP contribution >= 0.6 is 0 Å². The molecule has 1 heterocycles. The molecule has 0 aromatic heterocycles. The van der Waals surface area contributed by atoms with Crippen LogP contribution in [0.5, 0.6) is 0 Å². The van der Waals surface area contributed by atoms with Crippen LogP contribution in [0.15, 0.2) is 87.5 Å². The van der Waals surface area contributed by atoms with Crippen molar-refractivity contribution in [2.75, 3.05) is 39.3 Å². The van der Waals surface area contributed by atoms with E-state index in [0.29, 0.717) is 14.7 Å². The molecule has 3 aromatic rings. The first kappa shape index (κ1) is 58.2. The van der Waals surface area contributed by atoms with E-state index in [2.05, 4.69) is 41.5 Å². The van der Waals surface area contributed by atoms with Gasteiger partial charge in [0.15, 0.2) is 0 Å². The van der Waals surface area contributed by atoms with Crippen LogP contribution in [0.4, 0.5) is 0 Å². The lowest BCUT2D eigenvalue weighted by molar-refractivity contribution is 0.462. The van der Waals surface area contributed by atoms with E-state index in [1.807, 2.05) is 119 Å². The minimum absolute atomic E-state index is 0.0330. The van der Waals surface area contributed by atoms with E-state index >= 15 is 25.3 Å². The molecular weight excluding hydrogens is 919 g/mol. The molecule has 0 radical (unpaired) electrons. The molecule has 12 heteroatoms. The summed E-state index contributed by atoms with van der Waals surface area (Å²) in [6.45, 7) is 36.7. The third-order valence-electron chi connectivity index (χ3n) is 13.4. The molecule has 0 unspecified atom stereocenters. The average Bonchev–Trinajstić information content (AvgIpc) is 3.26. The first-order valence-corrected chi connectivity index (χ1v) is 29.8. The van der Waals surface area contributed by atoms with Crippen LogP contribution in [-0.4, -0.2) is 77.4 Å². The topological polar surface area (TPSA) is 112 Å². The van der Waals surface area contributed by atoms with Gasteiger partial charge in [-0.3, -0.25) is 0 Å². The number of hydrogen-bond acceptors (Lipinski definition) is 6. The van der Waals surface area contributed by atoms with Crippen LogP contribution in [0.2, 0.25) is 0 Å². The number of benzene rings is 3. The summed E-state index contributed by atoms with van der Waals surface area (Å²) in [4.78, 5) is 0.899. The van der Waals surface area contributed by atoms with Gasteiger partial charge < -0.3 is 0 Å². The van der Waals surface area contributed by atoms with E-state index < -0.39 is 30.1 Å². The van der Waals surface area contributed by atoms with Crippen molar-refractivity contribution in [3.8, 4) is 0 Å². The Labute approximate surface area is 420 Å². The number of hydrogen-bond donors (Lipinski definition) is 0. The maximum Gasteiger partial charge on any atom is 0.244 e. The highest BCUT2D eigenvalue weighted by Gasteiger charge is 2.35. The third-order valence-corrected chi connectivity index (χ3v) is 19.3. The maximum atomic E-state index is 15.3. The molecular formula is C57H87N3O6S3. The van der Waals surface area contributed by atoms with Gasteiger partial charge in [-0.05, 0) is 103 Å². The van der Waals surface area contributed by atoms with Crippen molar-refractivity contribution < 1.29 is 25.3 Å². The molecule has 1 aliphatic heterocycles. The molecule has 0 N–H and O–H groups in total. The summed E-state index contributed by atoms with van der Waals surface area (Å²) in [7, 11) is -12.5. The van der Waals surface area contributed by atoms with E-state index in [4.69, 9.17) is 0 Å². The predicted octanol–water partition coefficient (Wildman–Crippen LogP) is 13.9. The highest BCUT2D eigenvalue weighted by molar-refractivity contribution is 7.89. The molecule has 0 fully saturated rings. The summed E-state index contributed by atoms with van der Waals surface area (Å²) in [6.07, 6.45) is 10.5. The Balaban J connectivity index is 2.02. The molecule has 0 amide bonds. The lowest BCUT2D eigenvalue weighted by atomic mass is 9.89. The highest BCUT2D eigenvalue weighted by atomic mass is 32.2. The zero-order chi connectivity index (χ0) is 52.1. The molecule has 0 bridgehead atoms. The zero-order valence-electron chi connectivity index (χ0n) is 45.4. The Bertz CT molecular complexity index is 2280. The number of sulfonamides is 3. The zero-order valence-corrected chi connectivity index (χ0v) is 47.8. The van der Waals surface area contributed by atoms with Crippen molar-refractivity contribution in [1.29, 1.82) is 0 Å². The lowest BCUT2D eigenvalue weighted by Crippen LogP contribution is -2.34. The van der Waals surface area contributed by atoms with Crippen LogP contribution in [-0.2, 0) is 30.1 Å². The van der Waals surface area contributed by atoms with Gasteiger partial charge in [0.1, 0.15) is 0 Å². The Morgan fingerprint density at radius 3 is 0.536 bits per heavy atom. The molecule has 4 rings (SSSR count). The highest BCUT2D eigenvalue weighted by Crippen LogP contribution is 2.40. The van der Waals surface area contributed by atoms with Gasteiger partial charge in [0.2, 0.25) is 30.1 Å². The van der Waals surface area contributed by atoms with E-state index in [1.54, 1.807) is 36.5 Å². The van der Waals surface area contributed by atoms with E-state index in [-0.39, 0.29) is 92.5 Å².